The lowest BCUT2D eigenvalue weighted by Crippen LogP contribution is -2.38. The van der Waals surface area contributed by atoms with Crippen LogP contribution in [0.3, 0.4) is 0 Å². The van der Waals surface area contributed by atoms with Crippen molar-refractivity contribution in [2.24, 2.45) is 11.7 Å². The molecule has 0 spiro atoms. The van der Waals surface area contributed by atoms with E-state index in [0.29, 0.717) is 11.8 Å². The van der Waals surface area contributed by atoms with Gasteiger partial charge in [0.25, 0.3) is 0 Å². The van der Waals surface area contributed by atoms with E-state index in [1.54, 1.807) is 0 Å². The third-order valence-corrected chi connectivity index (χ3v) is 5.44. The van der Waals surface area contributed by atoms with Gasteiger partial charge in [-0.2, -0.15) is 0 Å². The van der Waals surface area contributed by atoms with E-state index >= 15 is 0 Å². The molecule has 2 N–H and O–H groups in total. The number of hydrogen-bond donors (Lipinski definition) is 1. The van der Waals surface area contributed by atoms with Crippen LogP contribution >= 0.6 is 11.8 Å². The van der Waals surface area contributed by atoms with Crippen molar-refractivity contribution in [3.63, 3.8) is 0 Å². The fourth-order valence-corrected chi connectivity index (χ4v) is 4.18. The number of likely N-dealkylation sites (tertiary alicyclic amines) is 1. The van der Waals surface area contributed by atoms with Crippen LogP contribution < -0.4 is 5.73 Å². The molecule has 5 heteroatoms. The molecule has 1 saturated heterocycles. The molecular formula is C15H26N2O2S. The molecular weight excluding hydrogens is 272 g/mol. The van der Waals surface area contributed by atoms with Gasteiger partial charge in [-0.05, 0) is 25.2 Å². The summed E-state index contributed by atoms with van der Waals surface area (Å²) in [6.07, 6.45) is 10.3. The standard InChI is InChI=1S/C15H26N2O2S/c16-14(18)10-20-11-15(19)17-8-4-7-13(17)9-12-5-2-1-3-6-12/h12-13H,1-11H2,(H2,16,18). The van der Waals surface area contributed by atoms with E-state index in [1.165, 1.54) is 50.3 Å². The molecule has 2 aliphatic rings. The van der Waals surface area contributed by atoms with Crippen molar-refractivity contribution in [3.05, 3.63) is 0 Å². The average Bonchev–Trinajstić information content (AvgIpc) is 2.87. The molecule has 1 heterocycles. The molecule has 20 heavy (non-hydrogen) atoms. The van der Waals surface area contributed by atoms with E-state index in [2.05, 4.69) is 4.90 Å². The number of primary amides is 1. The number of carbonyl (C=O) groups is 2. The summed E-state index contributed by atoms with van der Waals surface area (Å²) in [5.41, 5.74) is 5.10. The van der Waals surface area contributed by atoms with Gasteiger partial charge >= 0.3 is 0 Å². The van der Waals surface area contributed by atoms with Crippen LogP contribution in [0.1, 0.15) is 51.4 Å². The van der Waals surface area contributed by atoms with Gasteiger partial charge in [0.05, 0.1) is 11.5 Å². The molecule has 2 fully saturated rings. The smallest absolute Gasteiger partial charge is 0.232 e. The molecule has 0 aromatic heterocycles. The quantitative estimate of drug-likeness (QED) is 0.817. The molecule has 2 amide bonds. The van der Waals surface area contributed by atoms with Gasteiger partial charge in [-0.3, -0.25) is 9.59 Å². The minimum Gasteiger partial charge on any atom is -0.369 e. The zero-order valence-corrected chi connectivity index (χ0v) is 13.0. The molecule has 0 radical (unpaired) electrons. The molecule has 4 nitrogen and oxygen atoms in total. The average molecular weight is 298 g/mol. The van der Waals surface area contributed by atoms with E-state index in [4.69, 9.17) is 5.73 Å². The molecule has 1 atom stereocenters. The highest BCUT2D eigenvalue weighted by Crippen LogP contribution is 2.32. The van der Waals surface area contributed by atoms with Gasteiger partial charge in [-0.15, -0.1) is 11.8 Å². The highest BCUT2D eigenvalue weighted by molar-refractivity contribution is 8.00. The Labute approximate surface area is 125 Å². The summed E-state index contributed by atoms with van der Waals surface area (Å²) in [7, 11) is 0. The van der Waals surface area contributed by atoms with Crippen molar-refractivity contribution in [3.8, 4) is 0 Å². The molecule has 1 aliphatic heterocycles. The number of nitrogens with zero attached hydrogens (tertiary/aromatic N) is 1. The van der Waals surface area contributed by atoms with E-state index in [-0.39, 0.29) is 17.6 Å². The first-order valence-electron chi connectivity index (χ1n) is 7.82. The van der Waals surface area contributed by atoms with Crippen molar-refractivity contribution in [2.75, 3.05) is 18.1 Å². The Hall–Kier alpha value is -0.710. The molecule has 1 unspecified atom stereocenters. The van der Waals surface area contributed by atoms with E-state index in [1.807, 2.05) is 0 Å². The Kier molecular flexibility index (Phi) is 6.20. The minimum absolute atomic E-state index is 0.189. The van der Waals surface area contributed by atoms with Crippen LogP contribution in [0.5, 0.6) is 0 Å². The predicted molar refractivity (Wildman–Crippen MR) is 82.4 cm³/mol. The molecule has 0 bridgehead atoms. The zero-order valence-electron chi connectivity index (χ0n) is 12.2. The molecule has 0 aromatic rings. The van der Waals surface area contributed by atoms with Gasteiger partial charge in [0.15, 0.2) is 0 Å². The topological polar surface area (TPSA) is 63.4 Å². The van der Waals surface area contributed by atoms with Crippen LogP contribution in [-0.2, 0) is 9.59 Å². The normalized spacial score (nSPS) is 24.0. The van der Waals surface area contributed by atoms with Gasteiger partial charge in [0, 0.05) is 12.6 Å². The Morgan fingerprint density at radius 3 is 2.50 bits per heavy atom. The molecule has 2 rings (SSSR count). The van der Waals surface area contributed by atoms with Crippen molar-refractivity contribution in [2.45, 2.75) is 57.4 Å². The predicted octanol–water partition coefficient (Wildman–Crippen LogP) is 2.17. The maximum absolute atomic E-state index is 12.2. The zero-order chi connectivity index (χ0) is 14.4. The second-order valence-corrected chi connectivity index (χ2v) is 7.07. The third-order valence-electron chi connectivity index (χ3n) is 4.50. The number of amides is 2. The third kappa shape index (κ3) is 4.69. The summed E-state index contributed by atoms with van der Waals surface area (Å²) < 4.78 is 0. The van der Waals surface area contributed by atoms with Gasteiger partial charge in [-0.1, -0.05) is 32.1 Å². The van der Waals surface area contributed by atoms with Gasteiger partial charge < -0.3 is 10.6 Å². The Morgan fingerprint density at radius 2 is 1.80 bits per heavy atom. The molecule has 1 aliphatic carbocycles. The number of rotatable bonds is 6. The van der Waals surface area contributed by atoms with Crippen molar-refractivity contribution >= 4 is 23.6 Å². The molecule has 1 saturated carbocycles. The largest absolute Gasteiger partial charge is 0.369 e. The van der Waals surface area contributed by atoms with Crippen LogP contribution in [0.25, 0.3) is 0 Å². The Balaban J connectivity index is 1.77. The maximum Gasteiger partial charge on any atom is 0.232 e. The number of hydrogen-bond acceptors (Lipinski definition) is 3. The van der Waals surface area contributed by atoms with Crippen molar-refractivity contribution in [1.29, 1.82) is 0 Å². The first-order valence-corrected chi connectivity index (χ1v) is 8.98. The molecule has 0 aromatic carbocycles. The first-order chi connectivity index (χ1) is 9.66. The lowest BCUT2D eigenvalue weighted by Gasteiger charge is -2.30. The fourth-order valence-electron chi connectivity index (χ4n) is 3.54. The Morgan fingerprint density at radius 1 is 1.05 bits per heavy atom. The SMILES string of the molecule is NC(=O)CSCC(=O)N1CCCC1CC1CCCCC1. The summed E-state index contributed by atoms with van der Waals surface area (Å²) in [6, 6.07) is 0.444. The van der Waals surface area contributed by atoms with Gasteiger partial charge in [0.1, 0.15) is 0 Å². The lowest BCUT2D eigenvalue weighted by molar-refractivity contribution is -0.129. The number of thioether (sulfide) groups is 1. The van der Waals surface area contributed by atoms with Crippen LogP contribution in [-0.4, -0.2) is 40.8 Å². The van der Waals surface area contributed by atoms with E-state index in [9.17, 15) is 9.59 Å². The second-order valence-electron chi connectivity index (χ2n) is 6.08. The summed E-state index contributed by atoms with van der Waals surface area (Å²) in [5.74, 6) is 1.30. The second kappa shape index (κ2) is 7.91. The summed E-state index contributed by atoms with van der Waals surface area (Å²) in [4.78, 5) is 25.0. The first kappa shape index (κ1) is 15.7. The summed E-state index contributed by atoms with van der Waals surface area (Å²) in [6.45, 7) is 0.896. The van der Waals surface area contributed by atoms with Crippen LogP contribution in [0.15, 0.2) is 0 Å². The summed E-state index contributed by atoms with van der Waals surface area (Å²) in [5, 5.41) is 0. The highest BCUT2D eigenvalue weighted by atomic mass is 32.2. The number of nitrogens with two attached hydrogens (primary N) is 1. The summed E-state index contributed by atoms with van der Waals surface area (Å²) >= 11 is 1.34. The van der Waals surface area contributed by atoms with Gasteiger partial charge in [-0.25, -0.2) is 0 Å². The highest BCUT2D eigenvalue weighted by Gasteiger charge is 2.30. The van der Waals surface area contributed by atoms with Gasteiger partial charge in [0.2, 0.25) is 11.8 Å². The van der Waals surface area contributed by atoms with E-state index in [0.717, 1.165) is 25.3 Å². The van der Waals surface area contributed by atoms with Crippen molar-refractivity contribution in [1.82, 2.24) is 4.90 Å². The minimum atomic E-state index is -0.344. The maximum atomic E-state index is 12.2. The van der Waals surface area contributed by atoms with Crippen LogP contribution in [0.4, 0.5) is 0 Å². The molecule has 114 valence electrons. The van der Waals surface area contributed by atoms with Crippen LogP contribution in [0, 0.1) is 5.92 Å². The number of carbonyl (C=O) groups excluding carboxylic acids is 2. The lowest BCUT2D eigenvalue weighted by atomic mass is 9.84. The monoisotopic (exact) mass is 298 g/mol. The van der Waals surface area contributed by atoms with E-state index < -0.39 is 0 Å². The fraction of sp³-hybridized carbons (Fsp3) is 0.867. The Bertz CT molecular complexity index is 343. The van der Waals surface area contributed by atoms with Crippen molar-refractivity contribution < 1.29 is 9.59 Å². The van der Waals surface area contributed by atoms with Crippen LogP contribution in [0.2, 0.25) is 0 Å².